The smallest absolute Gasteiger partial charge is 0.191 e. The van der Waals surface area contributed by atoms with E-state index in [0.29, 0.717) is 6.54 Å². The number of rotatable bonds is 8. The summed E-state index contributed by atoms with van der Waals surface area (Å²) in [5, 5.41) is 6.79. The van der Waals surface area contributed by atoms with E-state index in [-0.39, 0.29) is 30.0 Å². The zero-order valence-electron chi connectivity index (χ0n) is 17.3. The highest BCUT2D eigenvalue weighted by Gasteiger charge is 2.25. The predicted molar refractivity (Wildman–Crippen MR) is 125 cm³/mol. The van der Waals surface area contributed by atoms with Gasteiger partial charge in [0.25, 0.3) is 0 Å². The van der Waals surface area contributed by atoms with Gasteiger partial charge in [0.15, 0.2) is 5.96 Å². The van der Waals surface area contributed by atoms with Gasteiger partial charge in [-0.25, -0.2) is 0 Å². The number of methoxy groups -OCH3 is 2. The summed E-state index contributed by atoms with van der Waals surface area (Å²) in [4.78, 5) is 6.82. The van der Waals surface area contributed by atoms with E-state index in [9.17, 15) is 0 Å². The third-order valence-electron chi connectivity index (χ3n) is 5.08. The fourth-order valence-corrected chi connectivity index (χ4v) is 3.53. The molecule has 160 valence electrons. The molecule has 1 unspecified atom stereocenters. The fraction of sp³-hybridized carbons (Fsp3) is 0.476. The van der Waals surface area contributed by atoms with Gasteiger partial charge in [0.2, 0.25) is 0 Å². The van der Waals surface area contributed by atoms with Crippen molar-refractivity contribution in [3.63, 3.8) is 0 Å². The van der Waals surface area contributed by atoms with Crippen LogP contribution in [0.25, 0.3) is 0 Å². The summed E-state index contributed by atoms with van der Waals surface area (Å²) in [6.45, 7) is 3.53. The zero-order valence-corrected chi connectivity index (χ0v) is 19.6. The SMILES string of the molecule is CN=C(NCc1ccc(OC)cc1OC)NCC(c1ccco1)N1CCCC1.I. The van der Waals surface area contributed by atoms with Crippen molar-refractivity contribution in [2.24, 2.45) is 4.99 Å². The van der Waals surface area contributed by atoms with Crippen LogP contribution in [0.1, 0.15) is 30.2 Å². The average molecular weight is 514 g/mol. The van der Waals surface area contributed by atoms with Gasteiger partial charge in [0, 0.05) is 31.8 Å². The number of nitrogens with zero attached hydrogens (tertiary/aromatic N) is 2. The lowest BCUT2D eigenvalue weighted by atomic mass is 10.2. The minimum atomic E-state index is 0. The highest BCUT2D eigenvalue weighted by Crippen LogP contribution is 2.25. The van der Waals surface area contributed by atoms with Crippen molar-refractivity contribution < 1.29 is 13.9 Å². The lowest BCUT2D eigenvalue weighted by Gasteiger charge is -2.26. The van der Waals surface area contributed by atoms with E-state index in [1.807, 2.05) is 30.3 Å². The molecule has 1 atom stereocenters. The van der Waals surface area contributed by atoms with Gasteiger partial charge in [0.1, 0.15) is 17.3 Å². The monoisotopic (exact) mass is 514 g/mol. The zero-order chi connectivity index (χ0) is 19.8. The number of likely N-dealkylation sites (tertiary alicyclic amines) is 1. The van der Waals surface area contributed by atoms with Gasteiger partial charge >= 0.3 is 0 Å². The van der Waals surface area contributed by atoms with Gasteiger partial charge in [-0.2, -0.15) is 0 Å². The summed E-state index contributed by atoms with van der Waals surface area (Å²) in [6, 6.07) is 9.99. The van der Waals surface area contributed by atoms with E-state index < -0.39 is 0 Å². The Balaban J connectivity index is 0.00000300. The van der Waals surface area contributed by atoms with E-state index >= 15 is 0 Å². The standard InChI is InChI=1S/C21H30N4O3.HI/c1-22-21(23-14-16-8-9-17(26-2)13-20(16)27-3)24-15-18(19-7-6-12-28-19)25-10-4-5-11-25;/h6-9,12-13,18H,4-5,10-11,14-15H2,1-3H3,(H2,22,23,24);1H. The molecule has 0 spiro atoms. The van der Waals surface area contributed by atoms with Gasteiger partial charge in [-0.1, -0.05) is 0 Å². The van der Waals surface area contributed by atoms with Crippen LogP contribution in [0.15, 0.2) is 46.0 Å². The predicted octanol–water partition coefficient (Wildman–Crippen LogP) is 3.42. The molecule has 0 amide bonds. The van der Waals surface area contributed by atoms with Crippen molar-refractivity contribution >= 4 is 29.9 Å². The Morgan fingerprint density at radius 2 is 1.97 bits per heavy atom. The Labute approximate surface area is 189 Å². The van der Waals surface area contributed by atoms with Crippen molar-refractivity contribution in [1.29, 1.82) is 0 Å². The molecule has 1 aliphatic rings. The van der Waals surface area contributed by atoms with E-state index in [2.05, 4.69) is 20.5 Å². The number of halogens is 1. The number of aliphatic imine (C=N–C) groups is 1. The number of ether oxygens (including phenoxy) is 2. The average Bonchev–Trinajstić information content (AvgIpc) is 3.45. The number of benzene rings is 1. The maximum absolute atomic E-state index is 5.69. The molecule has 1 aromatic carbocycles. The maximum Gasteiger partial charge on any atom is 0.191 e. The van der Waals surface area contributed by atoms with Crippen LogP contribution in [-0.4, -0.2) is 51.8 Å². The van der Waals surface area contributed by atoms with Gasteiger partial charge in [-0.15, -0.1) is 24.0 Å². The molecule has 3 rings (SSSR count). The lowest BCUT2D eigenvalue weighted by molar-refractivity contribution is 0.215. The first kappa shape index (κ1) is 23.3. The summed E-state index contributed by atoms with van der Waals surface area (Å²) in [5.41, 5.74) is 1.04. The van der Waals surface area contributed by atoms with Crippen LogP contribution in [0.4, 0.5) is 0 Å². The first-order chi connectivity index (χ1) is 13.7. The molecular formula is C21H31IN4O3. The highest BCUT2D eigenvalue weighted by molar-refractivity contribution is 14.0. The van der Waals surface area contributed by atoms with Crippen LogP contribution in [0, 0.1) is 0 Å². The summed E-state index contributed by atoms with van der Waals surface area (Å²) >= 11 is 0. The van der Waals surface area contributed by atoms with E-state index in [1.54, 1.807) is 27.5 Å². The topological polar surface area (TPSA) is 71.3 Å². The minimum absolute atomic E-state index is 0. The molecule has 2 heterocycles. The first-order valence-electron chi connectivity index (χ1n) is 9.68. The molecule has 0 radical (unpaired) electrons. The van der Waals surface area contributed by atoms with Gasteiger partial charge < -0.3 is 24.5 Å². The number of furan rings is 1. The first-order valence-corrected chi connectivity index (χ1v) is 9.68. The maximum atomic E-state index is 5.69. The van der Waals surface area contributed by atoms with Gasteiger partial charge in [-0.05, 0) is 50.2 Å². The summed E-state index contributed by atoms with van der Waals surface area (Å²) in [6.07, 6.45) is 4.21. The van der Waals surface area contributed by atoms with Crippen LogP contribution in [-0.2, 0) is 6.54 Å². The Morgan fingerprint density at radius 1 is 1.17 bits per heavy atom. The lowest BCUT2D eigenvalue weighted by Crippen LogP contribution is -2.42. The molecule has 1 aliphatic heterocycles. The number of hydrogen-bond donors (Lipinski definition) is 2. The molecule has 7 nitrogen and oxygen atoms in total. The Bertz CT molecular complexity index is 761. The van der Waals surface area contributed by atoms with Crippen LogP contribution < -0.4 is 20.1 Å². The van der Waals surface area contributed by atoms with Crippen molar-refractivity contribution in [2.75, 3.05) is 40.9 Å². The van der Waals surface area contributed by atoms with Crippen LogP contribution in [0.2, 0.25) is 0 Å². The van der Waals surface area contributed by atoms with Crippen molar-refractivity contribution in [3.05, 3.63) is 47.9 Å². The second kappa shape index (κ2) is 11.9. The number of guanidine groups is 1. The summed E-state index contributed by atoms with van der Waals surface area (Å²) in [5.74, 6) is 3.29. The van der Waals surface area contributed by atoms with Crippen molar-refractivity contribution in [3.8, 4) is 11.5 Å². The quantitative estimate of drug-likeness (QED) is 0.320. The summed E-state index contributed by atoms with van der Waals surface area (Å²) in [7, 11) is 5.09. The van der Waals surface area contributed by atoms with Gasteiger partial charge in [-0.3, -0.25) is 9.89 Å². The Kier molecular flexibility index (Phi) is 9.59. The molecule has 1 fully saturated rings. The van der Waals surface area contributed by atoms with Crippen molar-refractivity contribution in [1.82, 2.24) is 15.5 Å². The molecule has 0 bridgehead atoms. The molecule has 2 aromatic rings. The second-order valence-electron chi connectivity index (χ2n) is 6.76. The second-order valence-corrected chi connectivity index (χ2v) is 6.76. The van der Waals surface area contributed by atoms with Crippen molar-refractivity contribution in [2.45, 2.75) is 25.4 Å². The Hall–Kier alpha value is -1.94. The number of hydrogen-bond acceptors (Lipinski definition) is 5. The molecule has 1 saturated heterocycles. The highest BCUT2D eigenvalue weighted by atomic mass is 127. The normalized spacial score (nSPS) is 15.5. The van der Waals surface area contributed by atoms with Crippen LogP contribution in [0.5, 0.6) is 11.5 Å². The fourth-order valence-electron chi connectivity index (χ4n) is 3.53. The van der Waals surface area contributed by atoms with Crippen LogP contribution >= 0.6 is 24.0 Å². The third kappa shape index (κ3) is 6.27. The molecular weight excluding hydrogens is 483 g/mol. The molecule has 0 saturated carbocycles. The van der Waals surface area contributed by atoms with E-state index in [1.165, 1.54) is 12.8 Å². The largest absolute Gasteiger partial charge is 0.497 e. The van der Waals surface area contributed by atoms with E-state index in [0.717, 1.165) is 48.4 Å². The number of nitrogens with one attached hydrogen (secondary N) is 2. The Morgan fingerprint density at radius 3 is 2.59 bits per heavy atom. The molecule has 8 heteroatoms. The molecule has 1 aromatic heterocycles. The third-order valence-corrected chi connectivity index (χ3v) is 5.08. The molecule has 2 N–H and O–H groups in total. The molecule has 0 aliphatic carbocycles. The van der Waals surface area contributed by atoms with Crippen LogP contribution in [0.3, 0.4) is 0 Å². The van der Waals surface area contributed by atoms with Gasteiger partial charge in [0.05, 0.1) is 26.5 Å². The summed E-state index contributed by atoms with van der Waals surface area (Å²) < 4.78 is 16.4. The minimum Gasteiger partial charge on any atom is -0.497 e. The molecule has 29 heavy (non-hydrogen) atoms. The van der Waals surface area contributed by atoms with E-state index in [4.69, 9.17) is 13.9 Å².